The summed E-state index contributed by atoms with van der Waals surface area (Å²) >= 11 is 6.46. The van der Waals surface area contributed by atoms with Gasteiger partial charge in [-0.25, -0.2) is 0 Å². The first-order valence-electron chi connectivity index (χ1n) is 10.3. The Balaban J connectivity index is 1.73. The van der Waals surface area contributed by atoms with E-state index in [1.165, 1.54) is 55.3 Å². The Morgan fingerprint density at radius 2 is 0.967 bits per heavy atom. The molecule has 140 valence electrons. The predicted molar refractivity (Wildman–Crippen MR) is 125 cm³/mol. The molecule has 0 amide bonds. The second-order valence-electron chi connectivity index (χ2n) is 8.28. The van der Waals surface area contributed by atoms with Gasteiger partial charge in [0.05, 0.1) is 5.41 Å². The molecule has 2 aliphatic carbocycles. The monoisotopic (exact) mass is 400 g/mol. The maximum Gasteiger partial charge on any atom is 0.0725 e. The lowest BCUT2D eigenvalue weighted by Gasteiger charge is -2.30. The zero-order valence-corrected chi connectivity index (χ0v) is 16.9. The van der Waals surface area contributed by atoms with Crippen LogP contribution in [-0.4, -0.2) is 0 Å². The number of fused-ring (bicyclic) bond motifs is 11. The van der Waals surface area contributed by atoms with Gasteiger partial charge in [0, 0.05) is 5.02 Å². The topological polar surface area (TPSA) is 0 Å². The number of rotatable bonds is 0. The largest absolute Gasteiger partial charge is 0.0843 e. The minimum absolute atomic E-state index is 0.299. The van der Waals surface area contributed by atoms with Gasteiger partial charge in [0.2, 0.25) is 0 Å². The second kappa shape index (κ2) is 5.62. The maximum atomic E-state index is 6.46. The molecule has 0 radical (unpaired) electrons. The SMILES string of the molecule is Clc1ccc2c(c1)-c1ccccc1C21c2ccccc2-c2cc3ccccc3cc21. The molecule has 1 spiro atoms. The first kappa shape index (κ1) is 16.4. The summed E-state index contributed by atoms with van der Waals surface area (Å²) in [6.45, 7) is 0. The third-order valence-electron chi connectivity index (χ3n) is 6.92. The van der Waals surface area contributed by atoms with Gasteiger partial charge in [-0.2, -0.15) is 0 Å². The minimum Gasteiger partial charge on any atom is -0.0843 e. The van der Waals surface area contributed by atoms with E-state index < -0.39 is 0 Å². The molecule has 0 bridgehead atoms. The highest BCUT2D eigenvalue weighted by Gasteiger charge is 2.51. The van der Waals surface area contributed by atoms with Gasteiger partial charge in [0.15, 0.2) is 0 Å². The molecule has 0 N–H and O–H groups in total. The molecular formula is C29H17Cl. The summed E-state index contributed by atoms with van der Waals surface area (Å²) in [6.07, 6.45) is 0. The molecule has 1 heteroatoms. The highest BCUT2D eigenvalue weighted by atomic mass is 35.5. The Hall–Kier alpha value is -3.35. The van der Waals surface area contributed by atoms with Crippen molar-refractivity contribution >= 4 is 22.4 Å². The molecule has 30 heavy (non-hydrogen) atoms. The summed E-state index contributed by atoms with van der Waals surface area (Å²) in [5.74, 6) is 0. The standard InChI is InChI=1S/C29H17Cl/c30-20-13-14-27-24(17-20)22-10-4-6-12-26(22)29(27)25-11-5-3-9-21(25)23-15-18-7-1-2-8-19(18)16-28(23)29/h1-17H. The maximum absolute atomic E-state index is 6.46. The Kier molecular flexibility index (Phi) is 3.08. The third kappa shape index (κ3) is 1.84. The molecule has 7 rings (SSSR count). The molecule has 0 aliphatic heterocycles. The summed E-state index contributed by atoms with van der Waals surface area (Å²) in [6, 6.07) is 37.6. The average molecular weight is 401 g/mol. The van der Waals surface area contributed by atoms with Crippen molar-refractivity contribution in [3.8, 4) is 22.3 Å². The first-order chi connectivity index (χ1) is 14.8. The molecule has 0 saturated carbocycles. The highest BCUT2D eigenvalue weighted by molar-refractivity contribution is 6.31. The zero-order chi connectivity index (χ0) is 19.9. The molecule has 0 nitrogen and oxygen atoms in total. The molecule has 1 unspecified atom stereocenters. The smallest absolute Gasteiger partial charge is 0.0725 e. The van der Waals surface area contributed by atoms with Crippen molar-refractivity contribution in [1.29, 1.82) is 0 Å². The van der Waals surface area contributed by atoms with Gasteiger partial charge < -0.3 is 0 Å². The summed E-state index contributed by atoms with van der Waals surface area (Å²) in [5, 5.41) is 3.35. The molecule has 0 fully saturated rings. The van der Waals surface area contributed by atoms with E-state index in [1.54, 1.807) is 0 Å². The Labute approximate surface area is 180 Å². The molecule has 5 aromatic carbocycles. The fourth-order valence-electron chi connectivity index (χ4n) is 5.80. The van der Waals surface area contributed by atoms with E-state index in [1.807, 2.05) is 6.07 Å². The van der Waals surface area contributed by atoms with Crippen LogP contribution in [0.2, 0.25) is 5.02 Å². The lowest BCUT2D eigenvalue weighted by atomic mass is 9.70. The summed E-state index contributed by atoms with van der Waals surface area (Å²) in [7, 11) is 0. The van der Waals surface area contributed by atoms with Crippen molar-refractivity contribution in [1.82, 2.24) is 0 Å². The van der Waals surface area contributed by atoms with E-state index in [0.29, 0.717) is 0 Å². The Bertz CT molecular complexity index is 1510. The Morgan fingerprint density at radius 1 is 0.433 bits per heavy atom. The van der Waals surface area contributed by atoms with Crippen LogP contribution in [0.3, 0.4) is 0 Å². The zero-order valence-electron chi connectivity index (χ0n) is 16.2. The van der Waals surface area contributed by atoms with Crippen LogP contribution in [0.25, 0.3) is 33.0 Å². The van der Waals surface area contributed by atoms with E-state index in [-0.39, 0.29) is 5.41 Å². The fraction of sp³-hybridized carbons (Fsp3) is 0.0345. The van der Waals surface area contributed by atoms with Crippen molar-refractivity contribution < 1.29 is 0 Å². The van der Waals surface area contributed by atoms with Gasteiger partial charge in [-0.3, -0.25) is 0 Å². The average Bonchev–Trinajstić information content (AvgIpc) is 3.24. The van der Waals surface area contributed by atoms with Gasteiger partial charge in [0.25, 0.3) is 0 Å². The van der Waals surface area contributed by atoms with Crippen LogP contribution < -0.4 is 0 Å². The Morgan fingerprint density at radius 3 is 1.67 bits per heavy atom. The van der Waals surface area contributed by atoms with Crippen LogP contribution in [0.15, 0.2) is 103 Å². The van der Waals surface area contributed by atoms with E-state index in [4.69, 9.17) is 11.6 Å². The molecule has 0 aromatic heterocycles. The summed E-state index contributed by atoms with van der Waals surface area (Å²) in [4.78, 5) is 0. The molecule has 0 heterocycles. The molecule has 0 saturated heterocycles. The number of benzene rings is 5. The molecule has 2 aliphatic rings. The van der Waals surface area contributed by atoms with E-state index >= 15 is 0 Å². The molecular weight excluding hydrogens is 384 g/mol. The quantitative estimate of drug-likeness (QED) is 0.243. The van der Waals surface area contributed by atoms with Gasteiger partial charge in [0.1, 0.15) is 0 Å². The van der Waals surface area contributed by atoms with Crippen LogP contribution >= 0.6 is 11.6 Å². The lowest BCUT2D eigenvalue weighted by molar-refractivity contribution is 0.795. The minimum atomic E-state index is -0.299. The van der Waals surface area contributed by atoms with Crippen molar-refractivity contribution in [3.05, 3.63) is 130 Å². The summed E-state index contributed by atoms with van der Waals surface area (Å²) < 4.78 is 0. The van der Waals surface area contributed by atoms with Crippen molar-refractivity contribution in [3.63, 3.8) is 0 Å². The van der Waals surface area contributed by atoms with Crippen LogP contribution in [0.1, 0.15) is 22.3 Å². The molecule has 5 aromatic rings. The van der Waals surface area contributed by atoms with E-state index in [0.717, 1.165) is 5.02 Å². The van der Waals surface area contributed by atoms with Gasteiger partial charge >= 0.3 is 0 Å². The third-order valence-corrected chi connectivity index (χ3v) is 7.15. The van der Waals surface area contributed by atoms with Gasteiger partial charge in [-0.05, 0) is 79.5 Å². The number of halogens is 1. The van der Waals surface area contributed by atoms with Gasteiger partial charge in [-0.1, -0.05) is 90.5 Å². The number of hydrogen-bond acceptors (Lipinski definition) is 0. The van der Waals surface area contributed by atoms with E-state index in [9.17, 15) is 0 Å². The van der Waals surface area contributed by atoms with E-state index in [2.05, 4.69) is 97.1 Å². The normalized spacial score (nSPS) is 17.6. The fourth-order valence-corrected chi connectivity index (χ4v) is 5.97. The second-order valence-corrected chi connectivity index (χ2v) is 8.71. The van der Waals surface area contributed by atoms with Crippen LogP contribution in [-0.2, 0) is 5.41 Å². The van der Waals surface area contributed by atoms with Crippen LogP contribution in [0, 0.1) is 0 Å². The van der Waals surface area contributed by atoms with Gasteiger partial charge in [-0.15, -0.1) is 0 Å². The number of hydrogen-bond donors (Lipinski definition) is 0. The highest BCUT2D eigenvalue weighted by Crippen LogP contribution is 2.63. The summed E-state index contributed by atoms with van der Waals surface area (Å²) in [5.41, 5.74) is 10.3. The van der Waals surface area contributed by atoms with Crippen molar-refractivity contribution in [2.75, 3.05) is 0 Å². The van der Waals surface area contributed by atoms with Crippen LogP contribution in [0.4, 0.5) is 0 Å². The van der Waals surface area contributed by atoms with Crippen molar-refractivity contribution in [2.45, 2.75) is 5.41 Å². The first-order valence-corrected chi connectivity index (χ1v) is 10.7. The van der Waals surface area contributed by atoms with Crippen LogP contribution in [0.5, 0.6) is 0 Å². The lowest BCUT2D eigenvalue weighted by Crippen LogP contribution is -2.25. The van der Waals surface area contributed by atoms with Crippen molar-refractivity contribution in [2.24, 2.45) is 0 Å². The predicted octanol–water partition coefficient (Wildman–Crippen LogP) is 7.84. The molecule has 1 atom stereocenters.